The van der Waals surface area contributed by atoms with Crippen LogP contribution in [-0.2, 0) is 25.5 Å². The maximum absolute atomic E-state index is 13.2. The summed E-state index contributed by atoms with van der Waals surface area (Å²) in [6, 6.07) is 3.99. The van der Waals surface area contributed by atoms with Gasteiger partial charge in [0.05, 0.1) is 17.4 Å². The Kier molecular flexibility index (Phi) is 12.1. The van der Waals surface area contributed by atoms with Gasteiger partial charge in [-0.2, -0.15) is 0 Å². The van der Waals surface area contributed by atoms with Crippen molar-refractivity contribution in [2.24, 2.45) is 5.16 Å². The summed E-state index contributed by atoms with van der Waals surface area (Å²) in [4.78, 5) is 33.2. The van der Waals surface area contributed by atoms with E-state index < -0.39 is 0 Å². The molecule has 2 heterocycles. The molecule has 0 aromatic heterocycles. The van der Waals surface area contributed by atoms with Crippen molar-refractivity contribution in [1.29, 1.82) is 0 Å². The fourth-order valence-corrected chi connectivity index (χ4v) is 4.84. The molecule has 1 amide bonds. The van der Waals surface area contributed by atoms with Crippen LogP contribution in [0.1, 0.15) is 85.8 Å². The molecule has 7 heteroatoms. The number of unbranched alkanes of at least 4 members (excludes halogenated alkanes) is 1. The van der Waals surface area contributed by atoms with E-state index in [0.29, 0.717) is 37.1 Å². The number of aryl methyl sites for hydroxylation is 2. The maximum atomic E-state index is 13.2. The largest absolute Gasteiger partial charge is 0.459 e. The molecule has 1 saturated heterocycles. The van der Waals surface area contributed by atoms with Crippen molar-refractivity contribution in [2.45, 2.75) is 91.3 Å². The minimum Gasteiger partial charge on any atom is -0.459 e. The van der Waals surface area contributed by atoms with Crippen LogP contribution in [0.3, 0.4) is 0 Å². The molecule has 208 valence electrons. The second-order valence-electron chi connectivity index (χ2n) is 10.4. The Bertz CT molecular complexity index is 1020. The van der Waals surface area contributed by atoms with Crippen molar-refractivity contribution in [2.75, 3.05) is 26.3 Å². The van der Waals surface area contributed by atoms with Crippen LogP contribution in [0.2, 0.25) is 0 Å². The molecule has 0 aliphatic carbocycles. The van der Waals surface area contributed by atoms with Crippen LogP contribution in [0.4, 0.5) is 0 Å². The number of hydrogen-bond donors (Lipinski definition) is 0. The van der Waals surface area contributed by atoms with Crippen molar-refractivity contribution in [3.63, 3.8) is 0 Å². The molecule has 0 bridgehead atoms. The lowest BCUT2D eigenvalue weighted by molar-refractivity contribution is -0.137. The average Bonchev–Trinajstić information content (AvgIpc) is 2.88. The van der Waals surface area contributed by atoms with E-state index in [9.17, 15) is 9.59 Å². The molecule has 0 N–H and O–H groups in total. The summed E-state index contributed by atoms with van der Waals surface area (Å²) in [5.41, 5.74) is 3.96. The molecule has 3 rings (SSSR count). The number of piperidine rings is 1. The molecule has 1 fully saturated rings. The first-order valence-electron chi connectivity index (χ1n) is 14.1. The summed E-state index contributed by atoms with van der Waals surface area (Å²) in [6.45, 7) is 10.1. The number of allylic oxidation sites excluding steroid dienone is 1. The first kappa shape index (κ1) is 29.6. The second-order valence-corrected chi connectivity index (χ2v) is 10.4. The van der Waals surface area contributed by atoms with Crippen molar-refractivity contribution in [1.82, 2.24) is 4.90 Å². The molecule has 0 spiro atoms. The van der Waals surface area contributed by atoms with Crippen LogP contribution in [-0.4, -0.2) is 61.0 Å². The fourth-order valence-electron chi connectivity index (χ4n) is 4.84. The Hall–Kier alpha value is -2.93. The van der Waals surface area contributed by atoms with Gasteiger partial charge in [-0.05, 0) is 70.1 Å². The van der Waals surface area contributed by atoms with E-state index >= 15 is 0 Å². The highest BCUT2D eigenvalue weighted by atomic mass is 16.6. The number of amides is 1. The van der Waals surface area contributed by atoms with Gasteiger partial charge in [0.1, 0.15) is 6.10 Å². The van der Waals surface area contributed by atoms with E-state index in [1.165, 1.54) is 0 Å². The van der Waals surface area contributed by atoms with Gasteiger partial charge < -0.3 is 19.2 Å². The number of ether oxygens (including phenoxy) is 2. The maximum Gasteiger partial charge on any atom is 0.338 e. The molecule has 0 unspecified atom stereocenters. The first-order valence-corrected chi connectivity index (χ1v) is 14.1. The standard InChI is InChI=1S/C31H44N2O5/c1-5-6-18-36-28-14-10-12-25(4)38-31(35)30-24(3)19-23(2)20-26(30)21-27(13-11-15-28)32-37-22-29(34)33-16-8-7-9-17-33/h10-11,13-14,19-20,25,28H,5-9,12,15-18,21-22H2,1-4H3/b13-11+,14-10+,32-27-/t25-,28-/m1/s1. The van der Waals surface area contributed by atoms with Crippen molar-refractivity contribution >= 4 is 17.6 Å². The van der Waals surface area contributed by atoms with Gasteiger partial charge in [-0.3, -0.25) is 4.79 Å². The number of oxime groups is 1. The Balaban J connectivity index is 1.86. The Morgan fingerprint density at radius 2 is 1.92 bits per heavy atom. The third-order valence-electron chi connectivity index (χ3n) is 6.85. The number of carbonyl (C=O) groups is 2. The summed E-state index contributed by atoms with van der Waals surface area (Å²) < 4.78 is 11.9. The van der Waals surface area contributed by atoms with Gasteiger partial charge in [-0.1, -0.05) is 54.4 Å². The fraction of sp³-hybridized carbons (Fsp3) is 0.581. The smallest absolute Gasteiger partial charge is 0.338 e. The van der Waals surface area contributed by atoms with Gasteiger partial charge in [0, 0.05) is 32.5 Å². The zero-order valence-corrected chi connectivity index (χ0v) is 23.5. The number of benzene rings is 1. The van der Waals surface area contributed by atoms with Crippen LogP contribution >= 0.6 is 0 Å². The normalized spacial score (nSPS) is 23.7. The molecule has 38 heavy (non-hydrogen) atoms. The summed E-state index contributed by atoms with van der Waals surface area (Å²) in [6.07, 6.45) is 14.7. The molecule has 2 aliphatic heterocycles. The van der Waals surface area contributed by atoms with E-state index in [1.807, 2.05) is 62.1 Å². The van der Waals surface area contributed by atoms with Crippen LogP contribution in [0.25, 0.3) is 0 Å². The monoisotopic (exact) mass is 524 g/mol. The molecule has 0 saturated carbocycles. The molecule has 0 radical (unpaired) electrons. The van der Waals surface area contributed by atoms with E-state index in [2.05, 4.69) is 12.1 Å². The van der Waals surface area contributed by atoms with Crippen LogP contribution < -0.4 is 0 Å². The Labute approximate surface area is 227 Å². The van der Waals surface area contributed by atoms with E-state index in [0.717, 1.165) is 61.9 Å². The molecular formula is C31H44N2O5. The lowest BCUT2D eigenvalue weighted by Crippen LogP contribution is -2.37. The number of esters is 1. The minimum atomic E-state index is -0.337. The predicted molar refractivity (Wildman–Crippen MR) is 150 cm³/mol. The van der Waals surface area contributed by atoms with Gasteiger partial charge in [0.15, 0.2) is 6.61 Å². The second kappa shape index (κ2) is 15.5. The van der Waals surface area contributed by atoms with Gasteiger partial charge in [0.25, 0.3) is 5.91 Å². The van der Waals surface area contributed by atoms with E-state index in [-0.39, 0.29) is 30.7 Å². The molecule has 1 aromatic carbocycles. The van der Waals surface area contributed by atoms with Crippen molar-refractivity contribution in [3.8, 4) is 0 Å². The highest BCUT2D eigenvalue weighted by Crippen LogP contribution is 2.22. The van der Waals surface area contributed by atoms with Crippen molar-refractivity contribution < 1.29 is 23.9 Å². The Morgan fingerprint density at radius 3 is 2.68 bits per heavy atom. The van der Waals surface area contributed by atoms with Crippen LogP contribution in [0.5, 0.6) is 0 Å². The number of rotatable bonds is 7. The molecule has 1 aromatic rings. The zero-order valence-electron chi connectivity index (χ0n) is 23.5. The number of likely N-dealkylation sites (tertiary alicyclic amines) is 1. The summed E-state index contributed by atoms with van der Waals surface area (Å²) in [7, 11) is 0. The quantitative estimate of drug-likeness (QED) is 0.193. The molecule has 7 nitrogen and oxygen atoms in total. The van der Waals surface area contributed by atoms with E-state index in [4.69, 9.17) is 14.3 Å². The third-order valence-corrected chi connectivity index (χ3v) is 6.85. The predicted octanol–water partition coefficient (Wildman–Crippen LogP) is 5.87. The van der Waals surface area contributed by atoms with Crippen molar-refractivity contribution in [3.05, 3.63) is 58.7 Å². The highest BCUT2D eigenvalue weighted by molar-refractivity contribution is 6.00. The lowest BCUT2D eigenvalue weighted by atomic mass is 9.95. The number of fused-ring (bicyclic) bond motifs is 1. The summed E-state index contributed by atoms with van der Waals surface area (Å²) >= 11 is 0. The van der Waals surface area contributed by atoms with Gasteiger partial charge in [-0.15, -0.1) is 0 Å². The number of carbonyl (C=O) groups excluding carboxylic acids is 2. The summed E-state index contributed by atoms with van der Waals surface area (Å²) in [5.74, 6) is -0.381. The Morgan fingerprint density at radius 1 is 1.13 bits per heavy atom. The molecular weight excluding hydrogens is 480 g/mol. The number of nitrogens with zero attached hydrogens (tertiary/aromatic N) is 2. The van der Waals surface area contributed by atoms with E-state index in [1.54, 1.807) is 0 Å². The number of cyclic esters (lactones) is 1. The highest BCUT2D eigenvalue weighted by Gasteiger charge is 2.21. The zero-order chi connectivity index (χ0) is 27.3. The summed E-state index contributed by atoms with van der Waals surface area (Å²) in [5, 5.41) is 4.36. The molecule has 2 atom stereocenters. The third kappa shape index (κ3) is 9.43. The molecule has 2 aliphatic rings. The van der Waals surface area contributed by atoms with Crippen LogP contribution in [0, 0.1) is 13.8 Å². The van der Waals surface area contributed by atoms with Gasteiger partial charge >= 0.3 is 5.97 Å². The first-order chi connectivity index (χ1) is 18.4. The number of hydrogen-bond acceptors (Lipinski definition) is 6. The SMILES string of the molecule is CCCCO[C@@H]1/C=C/C[C@@H](C)OC(=O)c2c(C)cc(C)cc2CC(=N\OCC(=O)N2CCCCC2)/C=C/C1. The lowest BCUT2D eigenvalue weighted by Gasteiger charge is -2.26. The minimum absolute atomic E-state index is 0.0434. The topological polar surface area (TPSA) is 77.4 Å². The van der Waals surface area contributed by atoms with Crippen LogP contribution in [0.15, 0.2) is 41.6 Å². The van der Waals surface area contributed by atoms with Gasteiger partial charge in [-0.25, -0.2) is 4.79 Å². The average molecular weight is 525 g/mol. The van der Waals surface area contributed by atoms with Gasteiger partial charge in [0.2, 0.25) is 0 Å².